The van der Waals surface area contributed by atoms with E-state index in [0.717, 1.165) is 5.56 Å². The van der Waals surface area contributed by atoms with E-state index in [1.807, 2.05) is 0 Å². The number of carbonyl (C=O) groups excluding carboxylic acids is 2. The highest BCUT2D eigenvalue weighted by Gasteiger charge is 2.28. The van der Waals surface area contributed by atoms with Gasteiger partial charge in [-0.3, -0.25) is 9.59 Å². The molecule has 0 N–H and O–H groups in total. The molecular weight excluding hydrogens is 212 g/mol. The number of hydrogen-bond acceptors (Lipinski definition) is 2. The zero-order chi connectivity index (χ0) is 12.0. The predicted octanol–water partition coefficient (Wildman–Crippen LogP) is 2.64. The van der Waals surface area contributed by atoms with Crippen LogP contribution in [0.5, 0.6) is 0 Å². The zero-order valence-electron chi connectivity index (χ0n) is 9.07. The van der Waals surface area contributed by atoms with Crippen LogP contribution in [0.2, 0.25) is 0 Å². The van der Waals surface area contributed by atoms with Crippen LogP contribution in [-0.2, 0) is 0 Å². The maximum atomic E-state index is 12.2. The summed E-state index contributed by atoms with van der Waals surface area (Å²) in [6, 6.07) is 12.0. The third kappa shape index (κ3) is 1.34. The minimum atomic E-state index is -0.0966. The van der Waals surface area contributed by atoms with E-state index in [2.05, 4.69) is 6.92 Å². The SMILES string of the molecule is [CH2]c1ccc2c(c1)C(=O)c1ccccc1C2=O. The van der Waals surface area contributed by atoms with Crippen LogP contribution in [0, 0.1) is 6.92 Å². The van der Waals surface area contributed by atoms with Crippen LogP contribution in [0.3, 0.4) is 0 Å². The molecule has 81 valence electrons. The quantitative estimate of drug-likeness (QED) is 0.584. The standard InChI is InChI=1S/C15H9O2/c1-9-6-7-12-13(8-9)15(17)11-5-3-2-4-10(11)14(12)16/h2-8H,1H2. The molecule has 0 saturated carbocycles. The first-order valence-electron chi connectivity index (χ1n) is 5.33. The second kappa shape index (κ2) is 3.39. The summed E-state index contributed by atoms with van der Waals surface area (Å²) in [4.78, 5) is 24.4. The number of ketones is 2. The van der Waals surface area contributed by atoms with Gasteiger partial charge in [0.25, 0.3) is 0 Å². The fraction of sp³-hybridized carbons (Fsp3) is 0. The Hall–Kier alpha value is -2.22. The largest absolute Gasteiger partial charge is 0.289 e. The fourth-order valence-electron chi connectivity index (χ4n) is 2.15. The summed E-state index contributed by atoms with van der Waals surface area (Å²) in [5, 5.41) is 0. The van der Waals surface area contributed by atoms with Crippen molar-refractivity contribution in [1.82, 2.24) is 0 Å². The molecule has 3 rings (SSSR count). The second-order valence-electron chi connectivity index (χ2n) is 4.08. The van der Waals surface area contributed by atoms with Gasteiger partial charge < -0.3 is 0 Å². The third-order valence-corrected chi connectivity index (χ3v) is 2.99. The van der Waals surface area contributed by atoms with E-state index in [9.17, 15) is 9.59 Å². The highest BCUT2D eigenvalue weighted by molar-refractivity contribution is 6.28. The van der Waals surface area contributed by atoms with Crippen LogP contribution in [-0.4, -0.2) is 11.6 Å². The Morgan fingerprint density at radius 1 is 0.706 bits per heavy atom. The normalized spacial score (nSPS) is 13.2. The molecule has 0 atom stereocenters. The zero-order valence-corrected chi connectivity index (χ0v) is 9.07. The van der Waals surface area contributed by atoms with Crippen LogP contribution in [0.1, 0.15) is 37.4 Å². The first kappa shape index (κ1) is 9.97. The van der Waals surface area contributed by atoms with E-state index < -0.39 is 0 Å². The predicted molar refractivity (Wildman–Crippen MR) is 64.2 cm³/mol. The first-order valence-corrected chi connectivity index (χ1v) is 5.33. The molecule has 1 aliphatic rings. The van der Waals surface area contributed by atoms with Crippen LogP contribution in [0.4, 0.5) is 0 Å². The van der Waals surface area contributed by atoms with Gasteiger partial charge in [0.15, 0.2) is 11.6 Å². The molecule has 0 fully saturated rings. The lowest BCUT2D eigenvalue weighted by Gasteiger charge is -2.17. The molecule has 0 aliphatic heterocycles. The van der Waals surface area contributed by atoms with Gasteiger partial charge in [0.05, 0.1) is 0 Å². The summed E-state index contributed by atoms with van der Waals surface area (Å²) in [5.74, 6) is -0.184. The van der Waals surface area contributed by atoms with E-state index >= 15 is 0 Å². The average molecular weight is 221 g/mol. The minimum Gasteiger partial charge on any atom is -0.289 e. The van der Waals surface area contributed by atoms with Gasteiger partial charge in [0.2, 0.25) is 0 Å². The molecule has 0 heterocycles. The van der Waals surface area contributed by atoms with Crippen LogP contribution in [0.15, 0.2) is 42.5 Å². The van der Waals surface area contributed by atoms with Crippen molar-refractivity contribution in [2.24, 2.45) is 0 Å². The molecule has 1 aliphatic carbocycles. The fourth-order valence-corrected chi connectivity index (χ4v) is 2.15. The molecule has 0 aromatic heterocycles. The molecule has 0 amide bonds. The van der Waals surface area contributed by atoms with Gasteiger partial charge in [0.1, 0.15) is 0 Å². The van der Waals surface area contributed by atoms with Crippen molar-refractivity contribution in [2.45, 2.75) is 0 Å². The maximum absolute atomic E-state index is 12.2. The van der Waals surface area contributed by atoms with Crippen molar-refractivity contribution >= 4 is 11.6 Å². The summed E-state index contributed by atoms with van der Waals surface area (Å²) >= 11 is 0. The highest BCUT2D eigenvalue weighted by atomic mass is 16.1. The van der Waals surface area contributed by atoms with E-state index in [1.54, 1.807) is 42.5 Å². The van der Waals surface area contributed by atoms with Gasteiger partial charge >= 0.3 is 0 Å². The highest BCUT2D eigenvalue weighted by Crippen LogP contribution is 2.27. The summed E-state index contributed by atoms with van der Waals surface area (Å²) in [5.41, 5.74) is 2.64. The number of hydrogen-bond donors (Lipinski definition) is 0. The Balaban J connectivity index is 2.33. The first-order chi connectivity index (χ1) is 8.18. The van der Waals surface area contributed by atoms with Crippen molar-refractivity contribution in [3.05, 3.63) is 77.2 Å². The van der Waals surface area contributed by atoms with Crippen LogP contribution < -0.4 is 0 Å². The van der Waals surface area contributed by atoms with Gasteiger partial charge in [-0.05, 0) is 18.6 Å². The number of fused-ring (bicyclic) bond motifs is 2. The van der Waals surface area contributed by atoms with Gasteiger partial charge in [-0.15, -0.1) is 0 Å². The van der Waals surface area contributed by atoms with Crippen LogP contribution in [0.25, 0.3) is 0 Å². The van der Waals surface area contributed by atoms with Gasteiger partial charge in [-0.1, -0.05) is 36.4 Å². The molecule has 2 nitrogen and oxygen atoms in total. The lowest BCUT2D eigenvalue weighted by atomic mass is 9.83. The number of carbonyl (C=O) groups is 2. The second-order valence-corrected chi connectivity index (χ2v) is 4.08. The smallest absolute Gasteiger partial charge is 0.194 e. The molecular formula is C15H9O2. The molecule has 2 aromatic carbocycles. The van der Waals surface area contributed by atoms with Gasteiger partial charge in [0, 0.05) is 22.3 Å². The minimum absolute atomic E-state index is 0.0878. The number of benzene rings is 2. The van der Waals surface area contributed by atoms with E-state index in [0.29, 0.717) is 22.3 Å². The van der Waals surface area contributed by atoms with Gasteiger partial charge in [-0.2, -0.15) is 0 Å². The maximum Gasteiger partial charge on any atom is 0.194 e. The summed E-state index contributed by atoms with van der Waals surface area (Å²) in [7, 11) is 0. The molecule has 2 heteroatoms. The van der Waals surface area contributed by atoms with Crippen molar-refractivity contribution in [3.8, 4) is 0 Å². The summed E-state index contributed by atoms with van der Waals surface area (Å²) in [6.07, 6.45) is 0. The Morgan fingerprint density at radius 2 is 1.24 bits per heavy atom. The summed E-state index contributed by atoms with van der Waals surface area (Å²) in [6.45, 7) is 3.78. The molecule has 0 spiro atoms. The number of rotatable bonds is 0. The van der Waals surface area contributed by atoms with E-state index in [4.69, 9.17) is 0 Å². The summed E-state index contributed by atoms with van der Waals surface area (Å²) < 4.78 is 0. The van der Waals surface area contributed by atoms with Crippen molar-refractivity contribution < 1.29 is 9.59 Å². The van der Waals surface area contributed by atoms with Crippen molar-refractivity contribution in [3.63, 3.8) is 0 Å². The Morgan fingerprint density at radius 3 is 1.88 bits per heavy atom. The average Bonchev–Trinajstić information content (AvgIpc) is 2.36. The lowest BCUT2D eigenvalue weighted by molar-refractivity contribution is 0.0979. The van der Waals surface area contributed by atoms with Crippen molar-refractivity contribution in [1.29, 1.82) is 0 Å². The Bertz CT molecular complexity index is 654. The molecule has 2 aromatic rings. The monoisotopic (exact) mass is 221 g/mol. The molecule has 17 heavy (non-hydrogen) atoms. The molecule has 1 radical (unpaired) electrons. The van der Waals surface area contributed by atoms with Crippen molar-refractivity contribution in [2.75, 3.05) is 0 Å². The van der Waals surface area contributed by atoms with E-state index in [1.165, 1.54) is 0 Å². The topological polar surface area (TPSA) is 34.1 Å². The van der Waals surface area contributed by atoms with E-state index in [-0.39, 0.29) is 11.6 Å². The lowest BCUT2D eigenvalue weighted by Crippen LogP contribution is -2.20. The molecule has 0 saturated heterocycles. The molecule has 0 bridgehead atoms. The van der Waals surface area contributed by atoms with Gasteiger partial charge in [-0.25, -0.2) is 0 Å². The third-order valence-electron chi connectivity index (χ3n) is 2.99. The van der Waals surface area contributed by atoms with Crippen LogP contribution >= 0.6 is 0 Å². The Kier molecular flexibility index (Phi) is 1.99. The Labute approximate surface area is 98.9 Å². The molecule has 0 unspecified atom stereocenters.